The lowest BCUT2D eigenvalue weighted by Gasteiger charge is -2.37. The Bertz CT molecular complexity index is 1270. The fourth-order valence-corrected chi connectivity index (χ4v) is 5.50. The number of benzene rings is 2. The molecule has 0 radical (unpaired) electrons. The van der Waals surface area contributed by atoms with Crippen molar-refractivity contribution in [2.75, 3.05) is 31.1 Å². The summed E-state index contributed by atoms with van der Waals surface area (Å²) in [4.78, 5) is 27.2. The first-order chi connectivity index (χ1) is 18.3. The van der Waals surface area contributed by atoms with E-state index in [0.29, 0.717) is 24.8 Å². The molecule has 1 saturated heterocycles. The summed E-state index contributed by atoms with van der Waals surface area (Å²) >= 11 is 0. The van der Waals surface area contributed by atoms with Gasteiger partial charge in [0.2, 0.25) is 17.6 Å². The normalized spacial score (nSPS) is 16.5. The van der Waals surface area contributed by atoms with E-state index >= 15 is 0 Å². The topological polar surface area (TPSA) is 75.4 Å². The number of anilines is 1. The largest absolute Gasteiger partial charge is 0.353 e. The van der Waals surface area contributed by atoms with Crippen molar-refractivity contribution in [1.82, 2.24) is 20.0 Å². The van der Waals surface area contributed by atoms with Gasteiger partial charge in [0.15, 0.2) is 0 Å². The smallest absolute Gasteiger partial charge is 0.234 e. The number of rotatable bonds is 6. The first kappa shape index (κ1) is 23.4. The number of hydrogen-bond donors (Lipinski definition) is 0. The molecular weight excluding hydrogens is 462 g/mol. The number of nitrogens with zero attached hydrogens (tertiary/aromatic N) is 5. The fraction of sp³-hybridized carbons (Fsp3) is 0.333. The predicted molar refractivity (Wildman–Crippen MR) is 142 cm³/mol. The van der Waals surface area contributed by atoms with Crippen molar-refractivity contribution in [2.24, 2.45) is 0 Å². The van der Waals surface area contributed by atoms with Crippen molar-refractivity contribution in [1.29, 1.82) is 0 Å². The van der Waals surface area contributed by atoms with E-state index in [1.807, 2.05) is 83.9 Å². The summed E-state index contributed by atoms with van der Waals surface area (Å²) in [6, 6.07) is 24.1. The molecule has 0 N–H and O–H groups in total. The molecule has 6 rings (SSSR count). The summed E-state index contributed by atoms with van der Waals surface area (Å²) < 4.78 is 5.53. The second-order valence-corrected chi connectivity index (χ2v) is 9.91. The summed E-state index contributed by atoms with van der Waals surface area (Å²) in [5.74, 6) is 2.51. The zero-order valence-electron chi connectivity index (χ0n) is 20.9. The van der Waals surface area contributed by atoms with Gasteiger partial charge in [-0.15, -0.1) is 0 Å². The summed E-state index contributed by atoms with van der Waals surface area (Å²) in [7, 11) is 0. The van der Waals surface area contributed by atoms with Crippen molar-refractivity contribution >= 4 is 11.7 Å². The number of carbonyl (C=O) groups is 1. The summed E-state index contributed by atoms with van der Waals surface area (Å²) in [5.41, 5.74) is 2.91. The van der Waals surface area contributed by atoms with Gasteiger partial charge in [0.05, 0.1) is 5.92 Å². The van der Waals surface area contributed by atoms with E-state index in [0.717, 1.165) is 54.3 Å². The van der Waals surface area contributed by atoms with Crippen molar-refractivity contribution in [3.05, 3.63) is 96.0 Å². The first-order valence-electron chi connectivity index (χ1n) is 13.2. The number of carbonyl (C=O) groups excluding carboxylic acids is 1. The minimum absolute atomic E-state index is 0.149. The minimum Gasteiger partial charge on any atom is -0.353 e. The average molecular weight is 494 g/mol. The van der Waals surface area contributed by atoms with Crippen LogP contribution < -0.4 is 4.90 Å². The molecule has 0 spiro atoms. The highest BCUT2D eigenvalue weighted by atomic mass is 16.5. The maximum Gasteiger partial charge on any atom is 0.234 e. The standard InChI is InChI=1S/C30H31N5O2/c36-30(27(22-9-3-1-4-10-22)23-11-5-2-6-12-23)35-19-17-34(18-20-35)26-16-15-25(21-31-26)28-32-29(37-33-28)24-13-7-8-14-24/h1-6,9-12,15-16,21,24,27H,7-8,13-14,17-20H2. The molecule has 1 aliphatic carbocycles. The van der Waals surface area contributed by atoms with Gasteiger partial charge in [-0.1, -0.05) is 78.7 Å². The van der Waals surface area contributed by atoms with Gasteiger partial charge in [-0.25, -0.2) is 4.98 Å². The van der Waals surface area contributed by atoms with Crippen LogP contribution in [0.2, 0.25) is 0 Å². The van der Waals surface area contributed by atoms with E-state index in [4.69, 9.17) is 4.52 Å². The van der Waals surface area contributed by atoms with E-state index in [9.17, 15) is 4.79 Å². The van der Waals surface area contributed by atoms with Gasteiger partial charge >= 0.3 is 0 Å². The Balaban J connectivity index is 1.11. The third-order valence-corrected chi connectivity index (χ3v) is 7.58. The van der Waals surface area contributed by atoms with Crippen LogP contribution in [-0.4, -0.2) is 52.1 Å². The van der Waals surface area contributed by atoms with Crippen LogP contribution in [0.4, 0.5) is 5.82 Å². The fourth-order valence-electron chi connectivity index (χ4n) is 5.50. The Labute approximate surface area is 217 Å². The lowest BCUT2D eigenvalue weighted by Crippen LogP contribution is -2.50. The lowest BCUT2D eigenvalue weighted by atomic mass is 9.90. The van der Waals surface area contributed by atoms with Gasteiger partial charge in [0.1, 0.15) is 5.82 Å². The summed E-state index contributed by atoms with van der Waals surface area (Å²) in [6.07, 6.45) is 6.54. The highest BCUT2D eigenvalue weighted by Gasteiger charge is 2.30. The molecule has 0 unspecified atom stereocenters. The maximum absolute atomic E-state index is 13.7. The van der Waals surface area contributed by atoms with Crippen LogP contribution in [0.1, 0.15) is 54.5 Å². The van der Waals surface area contributed by atoms with Crippen molar-refractivity contribution in [2.45, 2.75) is 37.5 Å². The van der Waals surface area contributed by atoms with E-state index in [1.165, 1.54) is 12.8 Å². The molecule has 1 aliphatic heterocycles. The van der Waals surface area contributed by atoms with Crippen LogP contribution in [-0.2, 0) is 4.79 Å². The molecule has 37 heavy (non-hydrogen) atoms. The van der Waals surface area contributed by atoms with Gasteiger partial charge in [-0.05, 0) is 36.1 Å². The highest BCUT2D eigenvalue weighted by molar-refractivity contribution is 5.87. The Morgan fingerprint density at radius 3 is 2.08 bits per heavy atom. The first-order valence-corrected chi connectivity index (χ1v) is 13.2. The van der Waals surface area contributed by atoms with E-state index < -0.39 is 0 Å². The number of hydrogen-bond acceptors (Lipinski definition) is 6. The molecule has 188 valence electrons. The Morgan fingerprint density at radius 1 is 0.838 bits per heavy atom. The minimum atomic E-state index is -0.296. The number of aromatic nitrogens is 3. The zero-order chi connectivity index (χ0) is 25.0. The van der Waals surface area contributed by atoms with Crippen LogP contribution in [0.25, 0.3) is 11.4 Å². The summed E-state index contributed by atoms with van der Waals surface area (Å²) in [6.45, 7) is 2.80. The van der Waals surface area contributed by atoms with Crippen LogP contribution in [0.15, 0.2) is 83.5 Å². The number of pyridine rings is 1. The Hall–Kier alpha value is -4.00. The van der Waals surface area contributed by atoms with Crippen LogP contribution in [0.3, 0.4) is 0 Å². The number of piperazine rings is 1. The van der Waals surface area contributed by atoms with E-state index in [2.05, 4.69) is 20.0 Å². The third-order valence-electron chi connectivity index (χ3n) is 7.58. The molecule has 7 heteroatoms. The molecule has 1 saturated carbocycles. The summed E-state index contributed by atoms with van der Waals surface area (Å²) in [5, 5.41) is 4.19. The van der Waals surface area contributed by atoms with E-state index in [-0.39, 0.29) is 11.8 Å². The molecular formula is C30H31N5O2. The van der Waals surface area contributed by atoms with Crippen LogP contribution >= 0.6 is 0 Å². The molecule has 2 fully saturated rings. The Kier molecular flexibility index (Phi) is 6.67. The molecule has 4 aromatic rings. The van der Waals surface area contributed by atoms with Crippen molar-refractivity contribution in [3.63, 3.8) is 0 Å². The third kappa shape index (κ3) is 4.99. The second kappa shape index (κ2) is 10.5. The van der Waals surface area contributed by atoms with Crippen LogP contribution in [0, 0.1) is 0 Å². The molecule has 2 aromatic carbocycles. The predicted octanol–water partition coefficient (Wildman–Crippen LogP) is 5.27. The molecule has 0 bridgehead atoms. The quantitative estimate of drug-likeness (QED) is 0.364. The van der Waals surface area contributed by atoms with Gasteiger partial charge in [-0.2, -0.15) is 4.98 Å². The van der Waals surface area contributed by atoms with Gasteiger partial charge in [0, 0.05) is 43.9 Å². The average Bonchev–Trinajstić information content (AvgIpc) is 3.68. The van der Waals surface area contributed by atoms with Gasteiger partial charge in [-0.3, -0.25) is 4.79 Å². The Morgan fingerprint density at radius 2 is 1.49 bits per heavy atom. The molecule has 7 nitrogen and oxygen atoms in total. The highest BCUT2D eigenvalue weighted by Crippen LogP contribution is 2.34. The second-order valence-electron chi connectivity index (χ2n) is 9.91. The molecule has 3 heterocycles. The monoisotopic (exact) mass is 493 g/mol. The van der Waals surface area contributed by atoms with E-state index in [1.54, 1.807) is 0 Å². The van der Waals surface area contributed by atoms with Crippen molar-refractivity contribution in [3.8, 4) is 11.4 Å². The molecule has 2 aromatic heterocycles. The van der Waals surface area contributed by atoms with Gasteiger partial charge < -0.3 is 14.3 Å². The molecule has 2 aliphatic rings. The molecule has 1 amide bonds. The number of amides is 1. The zero-order valence-corrected chi connectivity index (χ0v) is 20.9. The van der Waals surface area contributed by atoms with Crippen molar-refractivity contribution < 1.29 is 9.32 Å². The molecule has 0 atom stereocenters. The van der Waals surface area contributed by atoms with Gasteiger partial charge in [0.25, 0.3) is 0 Å². The SMILES string of the molecule is O=C(C(c1ccccc1)c1ccccc1)N1CCN(c2ccc(-c3noc(C4CCCC4)n3)cn2)CC1. The van der Waals surface area contributed by atoms with Crippen LogP contribution in [0.5, 0.6) is 0 Å². The maximum atomic E-state index is 13.7. The lowest BCUT2D eigenvalue weighted by molar-refractivity contribution is -0.132.